The maximum atomic E-state index is 13.0. The fraction of sp³-hybridized carbons (Fsp3) is 0.421. The molecule has 0 saturated carbocycles. The van der Waals surface area contributed by atoms with Crippen molar-refractivity contribution in [3.05, 3.63) is 47.2 Å². The first-order valence-electron chi connectivity index (χ1n) is 9.49. The summed E-state index contributed by atoms with van der Waals surface area (Å²) in [6.07, 6.45) is 3.37. The number of aromatic nitrogens is 2. The van der Waals surface area contributed by atoms with Crippen LogP contribution in [0, 0.1) is 0 Å². The number of sulfonamides is 1. The minimum Gasteiger partial charge on any atom is -0.337 e. The van der Waals surface area contributed by atoms with Gasteiger partial charge in [0, 0.05) is 57.2 Å². The molecule has 0 N–H and O–H groups in total. The van der Waals surface area contributed by atoms with Gasteiger partial charge in [0.1, 0.15) is 4.90 Å². The zero-order valence-electron chi connectivity index (χ0n) is 16.5. The molecular formula is C19H24ClN5O3S. The lowest BCUT2D eigenvalue weighted by molar-refractivity contribution is 0.0746. The van der Waals surface area contributed by atoms with Gasteiger partial charge in [0.15, 0.2) is 0 Å². The second-order valence-electron chi connectivity index (χ2n) is 6.56. The SMILES string of the molecule is CCN(CC)S(=O)(=O)c1cc(C(=O)N2CCN(c3ncccn3)CC2)ccc1Cl. The summed E-state index contributed by atoms with van der Waals surface area (Å²) < 4.78 is 27.0. The fourth-order valence-electron chi connectivity index (χ4n) is 3.28. The van der Waals surface area contributed by atoms with Gasteiger partial charge in [-0.15, -0.1) is 0 Å². The predicted octanol–water partition coefficient (Wildman–Crippen LogP) is 2.12. The molecule has 3 rings (SSSR count). The van der Waals surface area contributed by atoms with Gasteiger partial charge < -0.3 is 9.80 Å². The van der Waals surface area contributed by atoms with Gasteiger partial charge >= 0.3 is 0 Å². The van der Waals surface area contributed by atoms with Crippen molar-refractivity contribution in [2.75, 3.05) is 44.2 Å². The summed E-state index contributed by atoms with van der Waals surface area (Å²) in [4.78, 5) is 25.1. The Balaban J connectivity index is 1.77. The highest BCUT2D eigenvalue weighted by molar-refractivity contribution is 7.89. The Morgan fingerprint density at radius 3 is 2.31 bits per heavy atom. The molecule has 2 aromatic rings. The number of benzene rings is 1. The van der Waals surface area contributed by atoms with Crippen LogP contribution in [0.25, 0.3) is 0 Å². The van der Waals surface area contributed by atoms with E-state index in [2.05, 4.69) is 9.97 Å². The van der Waals surface area contributed by atoms with Crippen molar-refractivity contribution in [1.29, 1.82) is 0 Å². The number of hydrogen-bond donors (Lipinski definition) is 0. The topological polar surface area (TPSA) is 86.7 Å². The lowest BCUT2D eigenvalue weighted by Crippen LogP contribution is -2.49. The molecule has 1 aliphatic rings. The predicted molar refractivity (Wildman–Crippen MR) is 112 cm³/mol. The van der Waals surface area contributed by atoms with E-state index in [1.54, 1.807) is 43.3 Å². The van der Waals surface area contributed by atoms with Crippen molar-refractivity contribution in [2.45, 2.75) is 18.7 Å². The van der Waals surface area contributed by atoms with Crippen LogP contribution in [0.2, 0.25) is 5.02 Å². The summed E-state index contributed by atoms with van der Waals surface area (Å²) in [6.45, 7) is 6.39. The molecule has 1 fully saturated rings. The van der Waals surface area contributed by atoms with Gasteiger partial charge in [0.2, 0.25) is 16.0 Å². The number of halogens is 1. The fourth-order valence-corrected chi connectivity index (χ4v) is 5.24. The number of nitrogens with zero attached hydrogens (tertiary/aromatic N) is 5. The summed E-state index contributed by atoms with van der Waals surface area (Å²) in [5, 5.41) is 0.111. The molecule has 1 saturated heterocycles. The third kappa shape index (κ3) is 4.52. The lowest BCUT2D eigenvalue weighted by atomic mass is 10.2. The molecule has 1 aliphatic heterocycles. The number of amides is 1. The molecule has 0 atom stereocenters. The van der Waals surface area contributed by atoms with Gasteiger partial charge in [0.25, 0.3) is 5.91 Å². The minimum atomic E-state index is -3.76. The summed E-state index contributed by atoms with van der Waals surface area (Å²) >= 11 is 6.16. The van der Waals surface area contributed by atoms with Gasteiger partial charge in [-0.25, -0.2) is 18.4 Å². The number of rotatable bonds is 6. The van der Waals surface area contributed by atoms with Crippen LogP contribution in [0.1, 0.15) is 24.2 Å². The summed E-state index contributed by atoms with van der Waals surface area (Å²) in [5.41, 5.74) is 0.310. The lowest BCUT2D eigenvalue weighted by Gasteiger charge is -2.34. The number of piperazine rings is 1. The van der Waals surface area contributed by atoms with Gasteiger partial charge in [-0.05, 0) is 24.3 Å². The first-order valence-corrected chi connectivity index (χ1v) is 11.3. The molecule has 1 aromatic carbocycles. The van der Waals surface area contributed by atoms with Crippen LogP contribution in [-0.2, 0) is 10.0 Å². The summed E-state index contributed by atoms with van der Waals surface area (Å²) in [5.74, 6) is 0.421. The zero-order chi connectivity index (χ0) is 21.0. The Labute approximate surface area is 176 Å². The second-order valence-corrected chi connectivity index (χ2v) is 8.88. The van der Waals surface area contributed by atoms with E-state index in [4.69, 9.17) is 11.6 Å². The zero-order valence-corrected chi connectivity index (χ0v) is 18.0. The van der Waals surface area contributed by atoms with Crippen LogP contribution < -0.4 is 4.90 Å². The molecule has 8 nitrogen and oxygen atoms in total. The van der Waals surface area contributed by atoms with E-state index in [1.807, 2.05) is 4.90 Å². The molecule has 10 heteroatoms. The molecule has 0 spiro atoms. The largest absolute Gasteiger partial charge is 0.337 e. The number of carbonyl (C=O) groups is 1. The first-order chi connectivity index (χ1) is 13.9. The van der Waals surface area contributed by atoms with Crippen LogP contribution in [0.3, 0.4) is 0 Å². The maximum absolute atomic E-state index is 13.0. The molecule has 0 unspecified atom stereocenters. The minimum absolute atomic E-state index is 0.0370. The van der Waals surface area contributed by atoms with E-state index < -0.39 is 10.0 Å². The Kier molecular flexibility index (Phi) is 6.71. The highest BCUT2D eigenvalue weighted by Gasteiger charge is 2.28. The first kappa shape index (κ1) is 21.5. The quantitative estimate of drug-likeness (QED) is 0.688. The van der Waals surface area contributed by atoms with Gasteiger partial charge in [-0.3, -0.25) is 4.79 Å². The van der Waals surface area contributed by atoms with E-state index >= 15 is 0 Å². The number of hydrogen-bond acceptors (Lipinski definition) is 6. The van der Waals surface area contributed by atoms with Gasteiger partial charge in [-0.2, -0.15) is 4.31 Å². The van der Waals surface area contributed by atoms with E-state index in [1.165, 1.54) is 16.4 Å². The number of carbonyl (C=O) groups excluding carboxylic acids is 1. The van der Waals surface area contributed by atoms with E-state index in [-0.39, 0.29) is 15.8 Å². The van der Waals surface area contributed by atoms with Crippen LogP contribution in [0.5, 0.6) is 0 Å². The molecule has 1 amide bonds. The maximum Gasteiger partial charge on any atom is 0.254 e. The van der Waals surface area contributed by atoms with E-state index in [9.17, 15) is 13.2 Å². The molecule has 2 heterocycles. The number of anilines is 1. The van der Waals surface area contributed by atoms with Crippen molar-refractivity contribution in [3.63, 3.8) is 0 Å². The Bertz CT molecular complexity index is 959. The van der Waals surface area contributed by atoms with Crippen LogP contribution in [0.15, 0.2) is 41.6 Å². The van der Waals surface area contributed by atoms with Crippen molar-refractivity contribution in [1.82, 2.24) is 19.2 Å². The highest BCUT2D eigenvalue weighted by atomic mass is 35.5. The van der Waals surface area contributed by atoms with Gasteiger partial charge in [0.05, 0.1) is 5.02 Å². The standard InChI is InChI=1S/C19H24ClN5O3S/c1-3-25(4-2)29(27,28)17-14-15(6-7-16(17)20)18(26)23-10-12-24(13-11-23)19-21-8-5-9-22-19/h5-9,14H,3-4,10-13H2,1-2H3. The summed E-state index contributed by atoms with van der Waals surface area (Å²) in [6, 6.07) is 6.18. The monoisotopic (exact) mass is 437 g/mol. The average Bonchev–Trinajstić information content (AvgIpc) is 2.75. The molecule has 1 aromatic heterocycles. The van der Waals surface area contributed by atoms with Crippen molar-refractivity contribution in [2.24, 2.45) is 0 Å². The van der Waals surface area contributed by atoms with Crippen molar-refractivity contribution < 1.29 is 13.2 Å². The van der Waals surface area contributed by atoms with Crippen molar-refractivity contribution >= 4 is 33.5 Å². The smallest absolute Gasteiger partial charge is 0.254 e. The second kappa shape index (κ2) is 9.06. The van der Waals surface area contributed by atoms with Crippen LogP contribution in [0.4, 0.5) is 5.95 Å². The molecule has 156 valence electrons. The Morgan fingerprint density at radius 2 is 1.72 bits per heavy atom. The third-order valence-corrected chi connectivity index (χ3v) is 7.43. The van der Waals surface area contributed by atoms with Crippen LogP contribution >= 0.6 is 11.6 Å². The Morgan fingerprint density at radius 1 is 1.10 bits per heavy atom. The summed E-state index contributed by atoms with van der Waals surface area (Å²) in [7, 11) is -3.76. The van der Waals surface area contributed by atoms with E-state index in [0.717, 1.165) is 0 Å². The van der Waals surface area contributed by atoms with Crippen molar-refractivity contribution in [3.8, 4) is 0 Å². The highest BCUT2D eigenvalue weighted by Crippen LogP contribution is 2.26. The molecular weight excluding hydrogens is 414 g/mol. The van der Waals surface area contributed by atoms with Gasteiger partial charge in [-0.1, -0.05) is 25.4 Å². The van der Waals surface area contributed by atoms with E-state index in [0.29, 0.717) is 50.8 Å². The Hall–Kier alpha value is -2.23. The normalized spacial score (nSPS) is 15.0. The molecule has 0 radical (unpaired) electrons. The molecule has 29 heavy (non-hydrogen) atoms. The van der Waals surface area contributed by atoms with Crippen LogP contribution in [-0.4, -0.2) is 72.8 Å². The average molecular weight is 438 g/mol. The molecule has 0 bridgehead atoms. The molecule has 0 aliphatic carbocycles. The third-order valence-electron chi connectivity index (χ3n) is 4.90.